The normalized spacial score (nSPS) is 11.1. The summed E-state index contributed by atoms with van der Waals surface area (Å²) >= 11 is 0. The fourth-order valence-electron chi connectivity index (χ4n) is 5.36. The highest BCUT2D eigenvalue weighted by molar-refractivity contribution is 6.17. The third-order valence-electron chi connectivity index (χ3n) is 8.18. The van der Waals surface area contributed by atoms with Crippen LogP contribution in [0.2, 0.25) is 0 Å². The van der Waals surface area contributed by atoms with E-state index in [1.807, 2.05) is 0 Å². The first-order chi connectivity index (χ1) is 19.6. The molecule has 4 nitrogen and oxygen atoms in total. The molecular weight excluding hydrogens is 492 g/mol. The molecule has 40 heavy (non-hydrogen) atoms. The summed E-state index contributed by atoms with van der Waals surface area (Å²) in [5, 5.41) is 5.72. The molecule has 0 aliphatic heterocycles. The zero-order valence-electron chi connectivity index (χ0n) is 27.2. The average molecular weight is 563 g/mol. The monoisotopic (exact) mass is 563 g/mol. The van der Waals surface area contributed by atoms with Crippen LogP contribution in [-0.2, 0) is 9.59 Å². The van der Waals surface area contributed by atoms with Gasteiger partial charge < -0.3 is 10.6 Å². The fourth-order valence-corrected chi connectivity index (χ4v) is 5.36. The number of amides is 2. The van der Waals surface area contributed by atoms with Gasteiger partial charge >= 0.3 is 0 Å². The van der Waals surface area contributed by atoms with Gasteiger partial charge in [-0.3, -0.25) is 9.59 Å². The maximum Gasteiger partial charge on any atom is 0.256 e. The Kier molecular flexibility index (Phi) is 31.1. The largest absolute Gasteiger partial charge is 0.352 e. The van der Waals surface area contributed by atoms with Crippen molar-refractivity contribution in [3.8, 4) is 0 Å². The Labute approximate surface area is 250 Å². The molecule has 236 valence electrons. The summed E-state index contributed by atoms with van der Waals surface area (Å²) in [6.07, 6.45) is 37.0. The minimum atomic E-state index is -0.326. The molecular formula is C36H70N2O2. The van der Waals surface area contributed by atoms with Gasteiger partial charge in [-0.15, -0.1) is 0 Å². The van der Waals surface area contributed by atoms with E-state index in [-0.39, 0.29) is 17.4 Å². The third kappa shape index (κ3) is 28.2. The molecule has 4 heteroatoms. The molecule has 0 aromatic rings. The smallest absolute Gasteiger partial charge is 0.256 e. The summed E-state index contributed by atoms with van der Waals surface area (Å²) < 4.78 is 0. The highest BCUT2D eigenvalue weighted by atomic mass is 16.2. The maximum atomic E-state index is 12.2. The zero-order valence-corrected chi connectivity index (χ0v) is 27.2. The second kappa shape index (κ2) is 32.2. The van der Waals surface area contributed by atoms with E-state index < -0.39 is 0 Å². The maximum absolute atomic E-state index is 12.2. The first-order valence-electron chi connectivity index (χ1n) is 17.9. The Morgan fingerprint density at radius 3 is 0.800 bits per heavy atom. The van der Waals surface area contributed by atoms with Gasteiger partial charge in [0, 0.05) is 13.1 Å². The van der Waals surface area contributed by atoms with E-state index in [4.69, 9.17) is 0 Å². The van der Waals surface area contributed by atoms with Gasteiger partial charge in [-0.1, -0.05) is 187 Å². The van der Waals surface area contributed by atoms with Crippen LogP contribution >= 0.6 is 0 Å². The Bertz CT molecular complexity index is 527. The van der Waals surface area contributed by atoms with Crippen molar-refractivity contribution < 1.29 is 9.59 Å². The lowest BCUT2D eigenvalue weighted by molar-refractivity contribution is -0.123. The molecule has 0 atom stereocenters. The third-order valence-corrected chi connectivity index (χ3v) is 8.18. The van der Waals surface area contributed by atoms with Crippen LogP contribution in [0.1, 0.15) is 194 Å². The molecule has 0 aliphatic rings. The van der Waals surface area contributed by atoms with Gasteiger partial charge in [-0.05, 0) is 12.8 Å². The lowest BCUT2D eigenvalue weighted by Gasteiger charge is -2.09. The molecule has 0 aromatic heterocycles. The van der Waals surface area contributed by atoms with Crippen molar-refractivity contribution in [3.63, 3.8) is 0 Å². The summed E-state index contributed by atoms with van der Waals surface area (Å²) in [6.45, 7) is 9.51. The van der Waals surface area contributed by atoms with Crippen LogP contribution in [-0.4, -0.2) is 24.9 Å². The SMILES string of the molecule is C=C(C(=O)NCCCCCCCCCCCCCCCC)C(=O)NCCCCCCCCCCCCCCCC. The molecule has 0 fully saturated rings. The molecule has 0 aromatic carbocycles. The fraction of sp³-hybridized carbons (Fsp3) is 0.889. The van der Waals surface area contributed by atoms with Crippen molar-refractivity contribution in [1.82, 2.24) is 10.6 Å². The number of carbonyl (C=O) groups is 2. The first kappa shape index (κ1) is 38.7. The van der Waals surface area contributed by atoms with E-state index in [1.54, 1.807) is 0 Å². The van der Waals surface area contributed by atoms with Gasteiger partial charge in [0.15, 0.2) is 0 Å². The Morgan fingerprint density at radius 1 is 0.375 bits per heavy atom. The molecule has 0 bridgehead atoms. The lowest BCUT2D eigenvalue weighted by Crippen LogP contribution is -2.35. The van der Waals surface area contributed by atoms with Crippen LogP contribution in [0.4, 0.5) is 0 Å². The van der Waals surface area contributed by atoms with E-state index in [1.165, 1.54) is 154 Å². The molecule has 2 amide bonds. The second-order valence-corrected chi connectivity index (χ2v) is 12.2. The average Bonchev–Trinajstić information content (AvgIpc) is 2.96. The van der Waals surface area contributed by atoms with Gasteiger partial charge in [0.2, 0.25) is 0 Å². The van der Waals surface area contributed by atoms with Crippen LogP contribution in [0, 0.1) is 0 Å². The minimum Gasteiger partial charge on any atom is -0.352 e. The molecule has 0 aliphatic carbocycles. The van der Waals surface area contributed by atoms with E-state index in [2.05, 4.69) is 31.1 Å². The van der Waals surface area contributed by atoms with Crippen LogP contribution in [0.3, 0.4) is 0 Å². The van der Waals surface area contributed by atoms with Gasteiger partial charge in [-0.25, -0.2) is 0 Å². The highest BCUT2D eigenvalue weighted by Crippen LogP contribution is 2.14. The molecule has 2 N–H and O–H groups in total. The van der Waals surface area contributed by atoms with Crippen molar-refractivity contribution in [2.45, 2.75) is 194 Å². The van der Waals surface area contributed by atoms with Crippen molar-refractivity contribution in [3.05, 3.63) is 12.2 Å². The van der Waals surface area contributed by atoms with E-state index in [0.717, 1.165) is 25.7 Å². The van der Waals surface area contributed by atoms with Crippen molar-refractivity contribution in [2.24, 2.45) is 0 Å². The second-order valence-electron chi connectivity index (χ2n) is 12.2. The lowest BCUT2D eigenvalue weighted by atomic mass is 10.0. The van der Waals surface area contributed by atoms with Crippen LogP contribution in [0.15, 0.2) is 12.2 Å². The molecule has 0 spiro atoms. The minimum absolute atomic E-state index is 0.0377. The van der Waals surface area contributed by atoms with Crippen molar-refractivity contribution in [2.75, 3.05) is 13.1 Å². The molecule has 0 saturated heterocycles. The molecule has 0 saturated carbocycles. The summed E-state index contributed by atoms with van der Waals surface area (Å²) in [4.78, 5) is 24.4. The predicted octanol–water partition coefficient (Wildman–Crippen LogP) is 10.7. The Hall–Kier alpha value is -1.32. The van der Waals surface area contributed by atoms with Crippen LogP contribution in [0.5, 0.6) is 0 Å². The number of hydrogen-bond donors (Lipinski definition) is 2. The number of rotatable bonds is 32. The number of nitrogens with one attached hydrogen (secondary N) is 2. The van der Waals surface area contributed by atoms with Gasteiger partial charge in [0.1, 0.15) is 0 Å². The molecule has 0 radical (unpaired) electrons. The number of unbranched alkanes of at least 4 members (excludes halogenated alkanes) is 26. The van der Waals surface area contributed by atoms with Crippen molar-refractivity contribution >= 4 is 11.8 Å². The molecule has 0 rings (SSSR count). The van der Waals surface area contributed by atoms with Crippen molar-refractivity contribution in [1.29, 1.82) is 0 Å². The topological polar surface area (TPSA) is 58.2 Å². The summed E-state index contributed by atoms with van der Waals surface area (Å²) in [7, 11) is 0. The number of hydrogen-bond acceptors (Lipinski definition) is 2. The summed E-state index contributed by atoms with van der Waals surface area (Å²) in [5.74, 6) is -0.652. The van der Waals surface area contributed by atoms with E-state index >= 15 is 0 Å². The first-order valence-corrected chi connectivity index (χ1v) is 17.9. The van der Waals surface area contributed by atoms with E-state index in [9.17, 15) is 9.59 Å². The van der Waals surface area contributed by atoms with Gasteiger partial charge in [0.25, 0.3) is 11.8 Å². The van der Waals surface area contributed by atoms with E-state index in [0.29, 0.717) is 13.1 Å². The Morgan fingerprint density at radius 2 is 0.575 bits per heavy atom. The summed E-state index contributed by atoms with van der Waals surface area (Å²) in [5.41, 5.74) is 0.0377. The standard InChI is InChI=1S/C36H70N2O2/c1-4-6-8-10-12-14-16-18-20-22-24-26-28-30-32-37-35(39)34(3)36(40)38-33-31-29-27-25-23-21-19-17-15-13-11-9-7-5-2/h3-33H2,1-2H3,(H,37,39)(H,38,40). The quantitative estimate of drug-likeness (QED) is 0.0371. The predicted molar refractivity (Wildman–Crippen MR) is 176 cm³/mol. The molecule has 0 unspecified atom stereocenters. The van der Waals surface area contributed by atoms with Gasteiger partial charge in [-0.2, -0.15) is 0 Å². The molecule has 0 heterocycles. The highest BCUT2D eigenvalue weighted by Gasteiger charge is 2.14. The van der Waals surface area contributed by atoms with Crippen LogP contribution in [0.25, 0.3) is 0 Å². The summed E-state index contributed by atoms with van der Waals surface area (Å²) in [6, 6.07) is 0. The zero-order chi connectivity index (χ0) is 29.4. The number of carbonyl (C=O) groups excluding carboxylic acids is 2. The van der Waals surface area contributed by atoms with Gasteiger partial charge in [0.05, 0.1) is 5.57 Å². The Balaban J connectivity index is 3.42. The van der Waals surface area contributed by atoms with Crippen LogP contribution < -0.4 is 10.6 Å².